The maximum atomic E-state index is 11.6. The Kier molecular flexibility index (Phi) is 6.50. The van der Waals surface area contributed by atoms with Gasteiger partial charge in [0.05, 0.1) is 10.9 Å². The van der Waals surface area contributed by atoms with Crippen LogP contribution in [0.1, 0.15) is 35.5 Å². The maximum Gasteiger partial charge on any atom is 0.275 e. The second kappa shape index (κ2) is 7.89. The van der Waals surface area contributed by atoms with Crippen LogP contribution in [0.4, 0.5) is 0 Å². The highest BCUT2D eigenvalue weighted by Gasteiger charge is 2.15. The quantitative estimate of drug-likeness (QED) is 0.452. The lowest BCUT2D eigenvalue weighted by atomic mass is 10.1. The molecule has 0 bridgehead atoms. The summed E-state index contributed by atoms with van der Waals surface area (Å²) in [6.07, 6.45) is 0.495. The molecule has 0 aromatic carbocycles. The first kappa shape index (κ1) is 15.6. The molecule has 3 N–H and O–H groups in total. The minimum atomic E-state index is -0.255. The Labute approximate surface area is 118 Å². The van der Waals surface area contributed by atoms with Crippen molar-refractivity contribution in [3.8, 4) is 6.07 Å². The Morgan fingerprint density at radius 3 is 2.95 bits per heavy atom. The van der Waals surface area contributed by atoms with Crippen molar-refractivity contribution in [2.45, 2.75) is 26.8 Å². The van der Waals surface area contributed by atoms with Crippen molar-refractivity contribution in [3.63, 3.8) is 0 Å². The van der Waals surface area contributed by atoms with Crippen LogP contribution in [0.25, 0.3) is 0 Å². The number of nitrogens with one attached hydrogen (secondary N) is 1. The first-order valence-electron chi connectivity index (χ1n) is 6.25. The third-order valence-corrected chi connectivity index (χ3v) is 3.60. The standard InChI is InChI=1S/C13H20N4OS/c1-10(2)8-17(6-3-5-14)9-11-4-7-19-12(11)13(18)16-15/h4,7,10H,3,6,8-9,15H2,1-2H3,(H,16,18). The number of nitrogens with zero attached hydrogens (tertiary/aromatic N) is 2. The van der Waals surface area contributed by atoms with E-state index in [1.165, 1.54) is 11.3 Å². The van der Waals surface area contributed by atoms with Gasteiger partial charge in [-0.15, -0.1) is 11.3 Å². The Morgan fingerprint density at radius 2 is 2.37 bits per heavy atom. The minimum Gasteiger partial charge on any atom is -0.298 e. The van der Waals surface area contributed by atoms with Gasteiger partial charge in [-0.3, -0.25) is 15.1 Å². The number of nitrogen functional groups attached to an aromatic ring is 1. The number of carbonyl (C=O) groups is 1. The molecule has 0 aliphatic rings. The molecule has 0 radical (unpaired) electrons. The fourth-order valence-electron chi connectivity index (χ4n) is 1.93. The van der Waals surface area contributed by atoms with Crippen molar-refractivity contribution in [1.82, 2.24) is 10.3 Å². The summed E-state index contributed by atoms with van der Waals surface area (Å²) >= 11 is 1.38. The van der Waals surface area contributed by atoms with Gasteiger partial charge in [0.2, 0.25) is 0 Å². The van der Waals surface area contributed by atoms with E-state index in [4.69, 9.17) is 11.1 Å². The van der Waals surface area contributed by atoms with Gasteiger partial charge in [0, 0.05) is 26.1 Å². The number of hydrogen-bond donors (Lipinski definition) is 2. The molecule has 1 aromatic rings. The number of rotatable bonds is 7. The van der Waals surface area contributed by atoms with E-state index in [0.717, 1.165) is 12.1 Å². The summed E-state index contributed by atoms with van der Waals surface area (Å²) < 4.78 is 0. The molecule has 0 fully saturated rings. The van der Waals surface area contributed by atoms with Crippen LogP contribution in [-0.4, -0.2) is 23.9 Å². The second-order valence-electron chi connectivity index (χ2n) is 4.79. The summed E-state index contributed by atoms with van der Waals surface area (Å²) in [4.78, 5) is 14.5. The van der Waals surface area contributed by atoms with Gasteiger partial charge in [-0.1, -0.05) is 13.8 Å². The van der Waals surface area contributed by atoms with E-state index in [0.29, 0.717) is 30.3 Å². The monoisotopic (exact) mass is 280 g/mol. The van der Waals surface area contributed by atoms with Gasteiger partial charge in [-0.2, -0.15) is 5.26 Å². The second-order valence-corrected chi connectivity index (χ2v) is 5.70. The summed E-state index contributed by atoms with van der Waals surface area (Å²) in [5.74, 6) is 5.44. The fraction of sp³-hybridized carbons (Fsp3) is 0.538. The van der Waals surface area contributed by atoms with Crippen LogP contribution in [0.15, 0.2) is 11.4 Å². The molecule has 1 amide bonds. The molecule has 0 saturated carbocycles. The highest BCUT2D eigenvalue weighted by molar-refractivity contribution is 7.12. The third kappa shape index (κ3) is 4.99. The van der Waals surface area contributed by atoms with Crippen LogP contribution in [0.3, 0.4) is 0 Å². The van der Waals surface area contributed by atoms with E-state index in [-0.39, 0.29) is 5.91 Å². The predicted octanol–water partition coefficient (Wildman–Crippen LogP) is 1.72. The van der Waals surface area contributed by atoms with Gasteiger partial charge in [-0.25, -0.2) is 5.84 Å². The molecular formula is C13H20N4OS. The Balaban J connectivity index is 2.75. The Hall–Kier alpha value is -1.42. The molecule has 0 spiro atoms. The summed E-state index contributed by atoms with van der Waals surface area (Å²) in [5.41, 5.74) is 3.13. The van der Waals surface area contributed by atoms with Crippen molar-refractivity contribution in [2.75, 3.05) is 13.1 Å². The molecule has 0 saturated heterocycles. The molecule has 1 heterocycles. The molecule has 1 rings (SSSR count). The highest BCUT2D eigenvalue weighted by atomic mass is 32.1. The normalized spacial score (nSPS) is 10.7. The van der Waals surface area contributed by atoms with Gasteiger partial charge in [0.25, 0.3) is 5.91 Å². The molecule has 0 aliphatic carbocycles. The van der Waals surface area contributed by atoms with Crippen LogP contribution in [0.5, 0.6) is 0 Å². The van der Waals surface area contributed by atoms with Crippen LogP contribution >= 0.6 is 11.3 Å². The maximum absolute atomic E-state index is 11.6. The summed E-state index contributed by atoms with van der Waals surface area (Å²) in [5, 5.41) is 10.6. The van der Waals surface area contributed by atoms with Gasteiger partial charge < -0.3 is 0 Å². The molecule has 6 heteroatoms. The van der Waals surface area contributed by atoms with E-state index in [9.17, 15) is 4.79 Å². The van der Waals surface area contributed by atoms with E-state index in [1.807, 2.05) is 11.4 Å². The molecule has 19 heavy (non-hydrogen) atoms. The Morgan fingerprint density at radius 1 is 1.63 bits per heavy atom. The summed E-state index contributed by atoms with van der Waals surface area (Å²) in [6, 6.07) is 4.10. The summed E-state index contributed by atoms with van der Waals surface area (Å²) in [6.45, 7) is 6.57. The number of amides is 1. The van der Waals surface area contributed by atoms with Crippen LogP contribution in [-0.2, 0) is 6.54 Å². The first-order valence-corrected chi connectivity index (χ1v) is 7.13. The zero-order valence-electron chi connectivity index (χ0n) is 11.3. The lowest BCUT2D eigenvalue weighted by Gasteiger charge is -2.23. The van der Waals surface area contributed by atoms with Crippen molar-refractivity contribution in [3.05, 3.63) is 21.9 Å². The van der Waals surface area contributed by atoms with Gasteiger partial charge >= 0.3 is 0 Å². The Bertz CT molecular complexity index is 450. The van der Waals surface area contributed by atoms with Crippen molar-refractivity contribution in [1.29, 1.82) is 5.26 Å². The minimum absolute atomic E-state index is 0.255. The topological polar surface area (TPSA) is 82.2 Å². The van der Waals surface area contributed by atoms with Crippen LogP contribution in [0, 0.1) is 17.2 Å². The van der Waals surface area contributed by atoms with Crippen LogP contribution < -0.4 is 11.3 Å². The largest absolute Gasteiger partial charge is 0.298 e. The van der Waals surface area contributed by atoms with Gasteiger partial charge in [0.15, 0.2) is 0 Å². The third-order valence-electron chi connectivity index (χ3n) is 2.64. The number of nitrogens with two attached hydrogens (primary N) is 1. The van der Waals surface area contributed by atoms with Gasteiger partial charge in [-0.05, 0) is 22.9 Å². The van der Waals surface area contributed by atoms with Crippen LogP contribution in [0.2, 0.25) is 0 Å². The SMILES string of the molecule is CC(C)CN(CCC#N)Cc1ccsc1C(=O)NN. The molecular weight excluding hydrogens is 260 g/mol. The van der Waals surface area contributed by atoms with Crippen molar-refractivity contribution < 1.29 is 4.79 Å². The predicted molar refractivity (Wildman–Crippen MR) is 76.3 cm³/mol. The van der Waals surface area contributed by atoms with E-state index in [1.54, 1.807) is 0 Å². The molecule has 0 aliphatic heterocycles. The number of nitriles is 1. The zero-order valence-corrected chi connectivity index (χ0v) is 12.2. The zero-order chi connectivity index (χ0) is 14.3. The van der Waals surface area contributed by atoms with Crippen molar-refractivity contribution >= 4 is 17.2 Å². The number of thiophene rings is 1. The first-order chi connectivity index (χ1) is 9.08. The van der Waals surface area contributed by atoms with Gasteiger partial charge in [0.1, 0.15) is 0 Å². The average molecular weight is 280 g/mol. The number of hydrazine groups is 1. The van der Waals surface area contributed by atoms with Crippen molar-refractivity contribution in [2.24, 2.45) is 11.8 Å². The molecule has 1 aromatic heterocycles. The number of hydrogen-bond acceptors (Lipinski definition) is 5. The summed E-state index contributed by atoms with van der Waals surface area (Å²) in [7, 11) is 0. The fourth-order valence-corrected chi connectivity index (χ4v) is 2.74. The average Bonchev–Trinajstić information content (AvgIpc) is 2.82. The molecule has 5 nitrogen and oxygen atoms in total. The smallest absolute Gasteiger partial charge is 0.275 e. The highest BCUT2D eigenvalue weighted by Crippen LogP contribution is 2.19. The molecule has 104 valence electrons. The molecule has 0 atom stereocenters. The van der Waals surface area contributed by atoms with E-state index in [2.05, 4.69) is 30.2 Å². The van der Waals surface area contributed by atoms with E-state index < -0.39 is 0 Å². The lowest BCUT2D eigenvalue weighted by molar-refractivity contribution is 0.0955. The lowest BCUT2D eigenvalue weighted by Crippen LogP contribution is -2.32. The van der Waals surface area contributed by atoms with E-state index >= 15 is 0 Å². The number of carbonyl (C=O) groups excluding carboxylic acids is 1. The molecule has 0 unspecified atom stereocenters.